The Balaban J connectivity index is 2.26. The topological polar surface area (TPSA) is 64.6 Å². The summed E-state index contributed by atoms with van der Waals surface area (Å²) >= 11 is 6.02. The van der Waals surface area contributed by atoms with Crippen molar-refractivity contribution in [2.24, 2.45) is 0 Å². The normalized spacial score (nSPS) is 19.9. The molecular weight excluding hydrogens is 318 g/mol. The third-order valence-corrected chi connectivity index (χ3v) is 3.79. The lowest BCUT2D eigenvalue weighted by molar-refractivity contribution is -0.150. The molecule has 0 saturated carbocycles. The molecule has 6 heteroatoms. The SMILES string of the molecule is CCOC(=O)[C@@]1(NC(=O)OC(C)(C)C)Cc2ccc(Cl)cc2C1. The number of benzene rings is 1. The predicted octanol–water partition coefficient (Wildman–Crippen LogP) is 3.27. The smallest absolute Gasteiger partial charge is 0.408 e. The number of nitrogens with one attached hydrogen (secondary N) is 1. The highest BCUT2D eigenvalue weighted by Gasteiger charge is 2.47. The number of carbonyl (C=O) groups excluding carboxylic acids is 2. The van der Waals surface area contributed by atoms with Gasteiger partial charge in [-0.25, -0.2) is 9.59 Å². The number of halogens is 1. The number of hydrogen-bond donors (Lipinski definition) is 1. The molecule has 1 N–H and O–H groups in total. The minimum Gasteiger partial charge on any atom is -0.464 e. The summed E-state index contributed by atoms with van der Waals surface area (Å²) in [6.07, 6.45) is 0.0582. The molecule has 0 spiro atoms. The summed E-state index contributed by atoms with van der Waals surface area (Å²) in [4.78, 5) is 24.7. The van der Waals surface area contributed by atoms with Crippen LogP contribution in [0.1, 0.15) is 38.8 Å². The maximum atomic E-state index is 12.5. The van der Waals surface area contributed by atoms with Gasteiger partial charge in [0.1, 0.15) is 11.1 Å². The first-order valence-electron chi connectivity index (χ1n) is 7.61. The number of rotatable bonds is 3. The zero-order valence-corrected chi connectivity index (χ0v) is 14.6. The highest BCUT2D eigenvalue weighted by Crippen LogP contribution is 2.33. The Labute approximate surface area is 141 Å². The molecule has 0 aromatic heterocycles. The molecule has 1 aromatic carbocycles. The summed E-state index contributed by atoms with van der Waals surface area (Å²) in [5.74, 6) is -0.460. The second kappa shape index (κ2) is 6.40. The van der Waals surface area contributed by atoms with Crippen molar-refractivity contribution in [3.05, 3.63) is 34.3 Å². The van der Waals surface area contributed by atoms with Crippen LogP contribution in [0.5, 0.6) is 0 Å². The van der Waals surface area contributed by atoms with Crippen LogP contribution in [0.3, 0.4) is 0 Å². The van der Waals surface area contributed by atoms with Gasteiger partial charge in [-0.05, 0) is 51.0 Å². The summed E-state index contributed by atoms with van der Waals surface area (Å²) in [5.41, 5.74) is 0.111. The van der Waals surface area contributed by atoms with Crippen LogP contribution in [-0.2, 0) is 27.1 Å². The largest absolute Gasteiger partial charge is 0.464 e. The van der Waals surface area contributed by atoms with Gasteiger partial charge in [0.15, 0.2) is 0 Å². The third kappa shape index (κ3) is 4.16. The first kappa shape index (κ1) is 17.6. The van der Waals surface area contributed by atoms with E-state index in [0.717, 1.165) is 11.1 Å². The number of carbonyl (C=O) groups is 2. The second-order valence-electron chi connectivity index (χ2n) is 6.70. The van der Waals surface area contributed by atoms with E-state index >= 15 is 0 Å². The van der Waals surface area contributed by atoms with Gasteiger partial charge in [0.2, 0.25) is 0 Å². The van der Waals surface area contributed by atoms with Gasteiger partial charge in [-0.2, -0.15) is 0 Å². The number of hydrogen-bond acceptors (Lipinski definition) is 4. The van der Waals surface area contributed by atoms with Crippen molar-refractivity contribution in [3.63, 3.8) is 0 Å². The molecule has 0 unspecified atom stereocenters. The van der Waals surface area contributed by atoms with Gasteiger partial charge in [0.25, 0.3) is 0 Å². The van der Waals surface area contributed by atoms with E-state index in [9.17, 15) is 9.59 Å². The minimum atomic E-state index is -1.15. The van der Waals surface area contributed by atoms with E-state index in [1.807, 2.05) is 12.1 Å². The molecule has 0 bridgehead atoms. The van der Waals surface area contributed by atoms with Crippen LogP contribution in [0.25, 0.3) is 0 Å². The number of esters is 1. The molecule has 0 fully saturated rings. The lowest BCUT2D eigenvalue weighted by atomic mass is 9.96. The molecule has 126 valence electrons. The molecule has 1 atom stereocenters. The Morgan fingerprint density at radius 1 is 1.26 bits per heavy atom. The van der Waals surface area contributed by atoms with E-state index in [1.54, 1.807) is 33.8 Å². The lowest BCUT2D eigenvalue weighted by Gasteiger charge is -2.29. The van der Waals surface area contributed by atoms with Gasteiger partial charge in [0.05, 0.1) is 6.61 Å². The average molecular weight is 340 g/mol. The molecule has 0 radical (unpaired) electrons. The fraction of sp³-hybridized carbons (Fsp3) is 0.529. The highest BCUT2D eigenvalue weighted by atomic mass is 35.5. The van der Waals surface area contributed by atoms with Crippen molar-refractivity contribution in [3.8, 4) is 0 Å². The second-order valence-corrected chi connectivity index (χ2v) is 7.13. The van der Waals surface area contributed by atoms with Crippen LogP contribution in [0.4, 0.5) is 4.79 Å². The first-order chi connectivity index (χ1) is 10.6. The monoisotopic (exact) mass is 339 g/mol. The molecule has 0 aliphatic heterocycles. The van der Waals surface area contributed by atoms with E-state index in [4.69, 9.17) is 21.1 Å². The van der Waals surface area contributed by atoms with Crippen molar-refractivity contribution in [1.82, 2.24) is 5.32 Å². The quantitative estimate of drug-likeness (QED) is 0.858. The summed E-state index contributed by atoms with van der Waals surface area (Å²) in [7, 11) is 0. The zero-order valence-electron chi connectivity index (χ0n) is 13.9. The Hall–Kier alpha value is -1.75. The third-order valence-electron chi connectivity index (χ3n) is 3.56. The Morgan fingerprint density at radius 3 is 2.52 bits per heavy atom. The van der Waals surface area contributed by atoms with Gasteiger partial charge >= 0.3 is 12.1 Å². The number of ether oxygens (including phenoxy) is 2. The van der Waals surface area contributed by atoms with E-state index < -0.39 is 23.2 Å². The standard InChI is InChI=1S/C17H22ClNO4/c1-5-22-14(20)17(19-15(21)23-16(2,3)4)9-11-6-7-13(18)8-12(11)10-17/h6-8H,5,9-10H2,1-4H3,(H,19,21)/t17-/m1/s1. The van der Waals surface area contributed by atoms with Crippen molar-refractivity contribution in [2.75, 3.05) is 6.61 Å². The Morgan fingerprint density at radius 2 is 1.91 bits per heavy atom. The van der Waals surface area contributed by atoms with Gasteiger partial charge in [0, 0.05) is 17.9 Å². The number of amides is 1. The maximum absolute atomic E-state index is 12.5. The van der Waals surface area contributed by atoms with Crippen LogP contribution in [0.15, 0.2) is 18.2 Å². The van der Waals surface area contributed by atoms with Crippen LogP contribution in [0.2, 0.25) is 5.02 Å². The summed E-state index contributed by atoms with van der Waals surface area (Å²) in [6.45, 7) is 7.29. The molecular formula is C17H22ClNO4. The highest BCUT2D eigenvalue weighted by molar-refractivity contribution is 6.30. The summed E-state index contributed by atoms with van der Waals surface area (Å²) in [5, 5.41) is 3.32. The van der Waals surface area contributed by atoms with Crippen molar-refractivity contribution < 1.29 is 19.1 Å². The average Bonchev–Trinajstić information content (AvgIpc) is 2.75. The van der Waals surface area contributed by atoms with Gasteiger partial charge in [-0.15, -0.1) is 0 Å². The van der Waals surface area contributed by atoms with Gasteiger partial charge in [-0.1, -0.05) is 17.7 Å². The first-order valence-corrected chi connectivity index (χ1v) is 7.99. The molecule has 2 rings (SSSR count). The molecule has 1 aliphatic carbocycles. The molecule has 0 saturated heterocycles. The van der Waals surface area contributed by atoms with Crippen LogP contribution < -0.4 is 5.32 Å². The van der Waals surface area contributed by atoms with Crippen LogP contribution >= 0.6 is 11.6 Å². The zero-order chi connectivity index (χ0) is 17.3. The van der Waals surface area contributed by atoms with Gasteiger partial charge in [-0.3, -0.25) is 0 Å². The minimum absolute atomic E-state index is 0.244. The van der Waals surface area contributed by atoms with E-state index in [2.05, 4.69) is 5.32 Å². The van der Waals surface area contributed by atoms with E-state index in [-0.39, 0.29) is 6.61 Å². The molecule has 1 amide bonds. The molecule has 5 nitrogen and oxygen atoms in total. The predicted molar refractivity (Wildman–Crippen MR) is 87.6 cm³/mol. The number of alkyl carbamates (subject to hydrolysis) is 1. The molecule has 0 heterocycles. The summed E-state index contributed by atoms with van der Waals surface area (Å²) in [6, 6.07) is 5.46. The van der Waals surface area contributed by atoms with Crippen molar-refractivity contribution in [2.45, 2.75) is 51.7 Å². The molecule has 1 aromatic rings. The van der Waals surface area contributed by atoms with Crippen molar-refractivity contribution >= 4 is 23.7 Å². The summed E-state index contributed by atoms with van der Waals surface area (Å²) < 4.78 is 10.5. The number of fused-ring (bicyclic) bond motifs is 1. The van der Waals surface area contributed by atoms with Crippen LogP contribution in [-0.4, -0.2) is 29.8 Å². The Bertz CT molecular complexity index is 624. The lowest BCUT2D eigenvalue weighted by Crippen LogP contribution is -2.57. The Kier molecular flexibility index (Phi) is 4.90. The molecule has 23 heavy (non-hydrogen) atoms. The molecule has 1 aliphatic rings. The fourth-order valence-electron chi connectivity index (χ4n) is 2.70. The fourth-order valence-corrected chi connectivity index (χ4v) is 2.89. The van der Waals surface area contributed by atoms with Crippen LogP contribution in [0, 0.1) is 0 Å². The van der Waals surface area contributed by atoms with Crippen molar-refractivity contribution in [1.29, 1.82) is 0 Å². The maximum Gasteiger partial charge on any atom is 0.408 e. The van der Waals surface area contributed by atoms with E-state index in [0.29, 0.717) is 17.9 Å². The van der Waals surface area contributed by atoms with Gasteiger partial charge < -0.3 is 14.8 Å². The van der Waals surface area contributed by atoms with E-state index in [1.165, 1.54) is 0 Å².